The molecular formula is C23H16Cl2F3NO3. The molecule has 32 heavy (non-hydrogen) atoms. The fourth-order valence-electron chi connectivity index (χ4n) is 2.83. The average molecular weight is 482 g/mol. The SMILES string of the molecule is O=C(OCc1cccc(C(F)(F)F)c1)/C(=C\c1cc(Cl)ccc1Cl)C(O)c1cccnc1. The average Bonchev–Trinajstić information content (AvgIpc) is 2.78. The van der Waals surface area contributed by atoms with Gasteiger partial charge in [0, 0.05) is 28.0 Å². The summed E-state index contributed by atoms with van der Waals surface area (Å²) in [7, 11) is 0. The molecule has 1 aromatic heterocycles. The van der Waals surface area contributed by atoms with Gasteiger partial charge in [0.1, 0.15) is 12.7 Å². The third kappa shape index (κ3) is 6.09. The molecule has 1 unspecified atom stereocenters. The number of hydrogen-bond donors (Lipinski definition) is 1. The lowest BCUT2D eigenvalue weighted by Gasteiger charge is -2.16. The Labute approximate surface area is 191 Å². The Morgan fingerprint density at radius 3 is 2.59 bits per heavy atom. The van der Waals surface area contributed by atoms with Crippen molar-refractivity contribution in [2.24, 2.45) is 0 Å². The van der Waals surface area contributed by atoms with Crippen molar-refractivity contribution in [2.75, 3.05) is 0 Å². The number of alkyl halides is 3. The topological polar surface area (TPSA) is 59.4 Å². The summed E-state index contributed by atoms with van der Waals surface area (Å²) in [4.78, 5) is 16.8. The van der Waals surface area contributed by atoms with E-state index in [4.69, 9.17) is 27.9 Å². The van der Waals surface area contributed by atoms with Crippen molar-refractivity contribution in [1.82, 2.24) is 4.98 Å². The molecule has 0 radical (unpaired) electrons. The normalized spacial score (nSPS) is 13.0. The van der Waals surface area contributed by atoms with Crippen LogP contribution in [-0.2, 0) is 22.3 Å². The first kappa shape index (κ1) is 23.8. The maximum atomic E-state index is 12.9. The number of aromatic nitrogens is 1. The zero-order valence-corrected chi connectivity index (χ0v) is 17.8. The monoisotopic (exact) mass is 481 g/mol. The Hall–Kier alpha value is -2.87. The highest BCUT2D eigenvalue weighted by Crippen LogP contribution is 2.31. The van der Waals surface area contributed by atoms with E-state index in [0.29, 0.717) is 16.1 Å². The quantitative estimate of drug-likeness (QED) is 0.333. The predicted octanol–water partition coefficient (Wildman–Crippen LogP) is 6.27. The third-order valence-corrected chi connectivity index (χ3v) is 5.00. The summed E-state index contributed by atoms with van der Waals surface area (Å²) in [5.41, 5.74) is -0.234. The van der Waals surface area contributed by atoms with Crippen LogP contribution in [-0.4, -0.2) is 16.1 Å². The molecule has 0 bridgehead atoms. The van der Waals surface area contributed by atoms with Crippen molar-refractivity contribution in [3.05, 3.63) is 105 Å². The van der Waals surface area contributed by atoms with Gasteiger partial charge in [-0.1, -0.05) is 41.4 Å². The van der Waals surface area contributed by atoms with Crippen LogP contribution in [0.2, 0.25) is 10.0 Å². The van der Waals surface area contributed by atoms with E-state index in [1.165, 1.54) is 42.7 Å². The van der Waals surface area contributed by atoms with Crippen LogP contribution in [0.4, 0.5) is 13.2 Å². The van der Waals surface area contributed by atoms with Gasteiger partial charge in [-0.2, -0.15) is 13.2 Å². The van der Waals surface area contributed by atoms with Gasteiger partial charge in [-0.25, -0.2) is 4.79 Å². The summed E-state index contributed by atoms with van der Waals surface area (Å²) in [5.74, 6) is -0.935. The number of halogens is 5. The second-order valence-corrected chi connectivity index (χ2v) is 7.57. The standard InChI is InChI=1S/C23H16Cl2F3NO3/c24-18-6-7-20(25)16(10-18)11-19(21(30)15-4-2-8-29-12-15)22(31)32-13-14-3-1-5-17(9-14)23(26,27)28/h1-12,21,30H,13H2/b19-11-. The van der Waals surface area contributed by atoms with E-state index in [9.17, 15) is 23.1 Å². The molecule has 1 heterocycles. The number of pyridine rings is 1. The zero-order chi connectivity index (χ0) is 23.3. The molecule has 1 atom stereocenters. The van der Waals surface area contributed by atoms with Crippen molar-refractivity contribution in [3.8, 4) is 0 Å². The molecule has 0 aliphatic carbocycles. The van der Waals surface area contributed by atoms with E-state index in [-0.39, 0.29) is 16.2 Å². The fourth-order valence-corrected chi connectivity index (χ4v) is 3.18. The lowest BCUT2D eigenvalue weighted by molar-refractivity contribution is -0.141. The predicted molar refractivity (Wildman–Crippen MR) is 115 cm³/mol. The smallest absolute Gasteiger partial charge is 0.416 e. The van der Waals surface area contributed by atoms with Gasteiger partial charge in [0.05, 0.1) is 11.1 Å². The largest absolute Gasteiger partial charge is 0.457 e. The summed E-state index contributed by atoms with van der Waals surface area (Å²) in [6.07, 6.45) is -1.75. The second-order valence-electron chi connectivity index (χ2n) is 6.73. The van der Waals surface area contributed by atoms with E-state index in [1.54, 1.807) is 18.2 Å². The van der Waals surface area contributed by atoms with Gasteiger partial charge in [0.2, 0.25) is 0 Å². The van der Waals surface area contributed by atoms with Crippen molar-refractivity contribution < 1.29 is 27.8 Å². The summed E-state index contributed by atoms with van der Waals surface area (Å²) in [6, 6.07) is 12.2. The summed E-state index contributed by atoms with van der Waals surface area (Å²) >= 11 is 12.2. The molecule has 2 aromatic carbocycles. The molecule has 3 aromatic rings. The number of hydrogen-bond acceptors (Lipinski definition) is 4. The number of esters is 1. The van der Waals surface area contributed by atoms with Gasteiger partial charge in [0.25, 0.3) is 0 Å². The van der Waals surface area contributed by atoms with E-state index in [2.05, 4.69) is 4.98 Å². The molecule has 0 saturated heterocycles. The molecule has 0 spiro atoms. The van der Waals surface area contributed by atoms with E-state index in [1.807, 2.05) is 0 Å². The van der Waals surface area contributed by atoms with Crippen LogP contribution in [0.25, 0.3) is 6.08 Å². The Bertz CT molecular complexity index is 1130. The van der Waals surface area contributed by atoms with Gasteiger partial charge in [-0.05, 0) is 53.6 Å². The first-order valence-corrected chi connectivity index (χ1v) is 9.98. The van der Waals surface area contributed by atoms with Gasteiger partial charge in [-0.3, -0.25) is 4.98 Å². The first-order valence-electron chi connectivity index (χ1n) is 9.23. The molecule has 1 N–H and O–H groups in total. The number of aliphatic hydroxyl groups excluding tert-OH is 1. The maximum Gasteiger partial charge on any atom is 0.416 e. The van der Waals surface area contributed by atoms with Crippen molar-refractivity contribution in [3.63, 3.8) is 0 Å². The number of aliphatic hydroxyl groups is 1. The molecule has 3 rings (SSSR count). The van der Waals surface area contributed by atoms with Crippen LogP contribution in [0.3, 0.4) is 0 Å². The van der Waals surface area contributed by atoms with Gasteiger partial charge >= 0.3 is 12.1 Å². The van der Waals surface area contributed by atoms with E-state index >= 15 is 0 Å². The summed E-state index contributed by atoms with van der Waals surface area (Å²) in [6.45, 7) is -0.427. The van der Waals surface area contributed by atoms with Crippen LogP contribution < -0.4 is 0 Å². The number of nitrogens with zero attached hydrogens (tertiary/aromatic N) is 1. The van der Waals surface area contributed by atoms with Crippen LogP contribution in [0, 0.1) is 0 Å². The molecule has 0 aliphatic rings. The lowest BCUT2D eigenvalue weighted by Crippen LogP contribution is -2.15. The molecule has 4 nitrogen and oxygen atoms in total. The van der Waals surface area contributed by atoms with Crippen LogP contribution in [0.15, 0.2) is 72.6 Å². The molecule has 9 heteroatoms. The lowest BCUT2D eigenvalue weighted by atomic mass is 10.0. The third-order valence-electron chi connectivity index (χ3n) is 4.42. The molecule has 0 amide bonds. The Kier molecular flexibility index (Phi) is 7.56. The summed E-state index contributed by atoms with van der Waals surface area (Å²) in [5, 5.41) is 11.4. The number of carbonyl (C=O) groups excluding carboxylic acids is 1. The van der Waals surface area contributed by atoms with Gasteiger partial charge < -0.3 is 9.84 Å². The van der Waals surface area contributed by atoms with Gasteiger partial charge in [0.15, 0.2) is 0 Å². The number of rotatable bonds is 6. The highest BCUT2D eigenvalue weighted by atomic mass is 35.5. The number of benzene rings is 2. The molecular weight excluding hydrogens is 466 g/mol. The van der Waals surface area contributed by atoms with Crippen LogP contribution in [0.5, 0.6) is 0 Å². The highest BCUT2D eigenvalue weighted by Gasteiger charge is 2.30. The minimum atomic E-state index is -4.52. The van der Waals surface area contributed by atoms with Gasteiger partial charge in [-0.15, -0.1) is 0 Å². The minimum Gasteiger partial charge on any atom is -0.457 e. The van der Waals surface area contributed by atoms with Crippen LogP contribution in [0.1, 0.15) is 28.4 Å². The van der Waals surface area contributed by atoms with Crippen molar-refractivity contribution >= 4 is 35.2 Å². The molecule has 0 saturated carbocycles. The first-order chi connectivity index (χ1) is 15.1. The minimum absolute atomic E-state index is 0.143. The Morgan fingerprint density at radius 1 is 1.12 bits per heavy atom. The number of ether oxygens (including phenoxy) is 1. The van der Waals surface area contributed by atoms with E-state index < -0.39 is 30.4 Å². The highest BCUT2D eigenvalue weighted by molar-refractivity contribution is 6.34. The van der Waals surface area contributed by atoms with Crippen molar-refractivity contribution in [1.29, 1.82) is 0 Å². The zero-order valence-electron chi connectivity index (χ0n) is 16.3. The van der Waals surface area contributed by atoms with Crippen LogP contribution >= 0.6 is 23.2 Å². The second kappa shape index (κ2) is 10.2. The molecule has 166 valence electrons. The maximum absolute atomic E-state index is 12.9. The fraction of sp³-hybridized carbons (Fsp3) is 0.130. The number of carbonyl (C=O) groups is 1. The Morgan fingerprint density at radius 2 is 1.91 bits per heavy atom. The molecule has 0 fully saturated rings. The van der Waals surface area contributed by atoms with E-state index in [0.717, 1.165) is 12.1 Å². The molecule has 0 aliphatic heterocycles. The van der Waals surface area contributed by atoms with Crippen molar-refractivity contribution in [2.45, 2.75) is 18.9 Å². The summed E-state index contributed by atoms with van der Waals surface area (Å²) < 4.78 is 44.0. The Balaban J connectivity index is 1.90.